The number of carbonyl (C=O) groups is 3. The van der Waals surface area contributed by atoms with Crippen LogP contribution in [0.25, 0.3) is 0 Å². The maximum atomic E-state index is 13.2. The molecule has 0 aliphatic heterocycles. The lowest BCUT2D eigenvalue weighted by Gasteiger charge is -2.58. The Hall–Kier alpha value is -1.99. The van der Waals surface area contributed by atoms with E-state index in [4.69, 9.17) is 4.74 Å². The van der Waals surface area contributed by atoms with Crippen molar-refractivity contribution in [3.63, 3.8) is 0 Å². The Kier molecular flexibility index (Phi) is 7.16. The average molecular weight is 528 g/mol. The number of aliphatic hydroxyl groups excluding tert-OH is 1. The van der Waals surface area contributed by atoms with Gasteiger partial charge in [0.05, 0.1) is 24.7 Å². The van der Waals surface area contributed by atoms with E-state index in [1.54, 1.807) is 6.92 Å². The summed E-state index contributed by atoms with van der Waals surface area (Å²) in [5.74, 6) is 1.12. The Bertz CT molecular complexity index is 1120. The second-order valence-electron chi connectivity index (χ2n) is 12.4. The van der Waals surface area contributed by atoms with E-state index in [0.29, 0.717) is 28.3 Å². The van der Waals surface area contributed by atoms with Crippen molar-refractivity contribution in [2.24, 2.45) is 28.6 Å². The quantitative estimate of drug-likeness (QED) is 0.259. The number of aliphatic hydroxyl groups is 1. The zero-order valence-corrected chi connectivity index (χ0v) is 23.4. The molecule has 37 heavy (non-hydrogen) atoms. The Morgan fingerprint density at radius 2 is 1.92 bits per heavy atom. The molecule has 0 saturated heterocycles. The molecule has 0 aromatic carbocycles. The SMILES string of the molecule is CCOC(=O)c1c(C2CC[C@H]3[C@@H]4CC=C5C[C@@H](O)CC[C@]5(C)[C@H]4CC[C@]23C)csc1NC(=O)CC(C)=O. The van der Waals surface area contributed by atoms with Crippen LogP contribution < -0.4 is 5.32 Å². The fourth-order valence-electron chi connectivity index (χ4n) is 8.68. The Morgan fingerprint density at radius 1 is 1.14 bits per heavy atom. The Morgan fingerprint density at radius 3 is 2.65 bits per heavy atom. The molecule has 4 aliphatic carbocycles. The highest BCUT2D eigenvalue weighted by Crippen LogP contribution is 2.68. The molecule has 1 heterocycles. The molecule has 0 spiro atoms. The summed E-state index contributed by atoms with van der Waals surface area (Å²) in [6.07, 6.45) is 10.5. The van der Waals surface area contributed by atoms with E-state index in [0.717, 1.165) is 50.5 Å². The average Bonchev–Trinajstić information content (AvgIpc) is 3.39. The molecule has 3 fully saturated rings. The fourth-order valence-corrected chi connectivity index (χ4v) is 9.70. The normalized spacial score (nSPS) is 36.6. The minimum Gasteiger partial charge on any atom is -0.462 e. The molecule has 1 aromatic rings. The van der Waals surface area contributed by atoms with E-state index in [-0.39, 0.29) is 41.7 Å². The third kappa shape index (κ3) is 4.50. The van der Waals surface area contributed by atoms with Gasteiger partial charge in [-0.1, -0.05) is 25.5 Å². The van der Waals surface area contributed by atoms with Crippen LogP contribution in [0.15, 0.2) is 17.0 Å². The minimum atomic E-state index is -0.392. The third-order valence-corrected chi connectivity index (χ3v) is 11.3. The number of carbonyl (C=O) groups excluding carboxylic acids is 3. The second kappa shape index (κ2) is 9.96. The number of hydrogen-bond acceptors (Lipinski definition) is 6. The van der Waals surface area contributed by atoms with Crippen LogP contribution in [0.5, 0.6) is 0 Å². The van der Waals surface area contributed by atoms with Crippen LogP contribution in [-0.2, 0) is 14.3 Å². The van der Waals surface area contributed by atoms with Crippen molar-refractivity contribution in [1.29, 1.82) is 0 Å². The van der Waals surface area contributed by atoms with Gasteiger partial charge < -0.3 is 15.2 Å². The summed E-state index contributed by atoms with van der Waals surface area (Å²) in [5.41, 5.74) is 3.26. The van der Waals surface area contributed by atoms with Crippen LogP contribution >= 0.6 is 11.3 Å². The monoisotopic (exact) mass is 527 g/mol. The first-order chi connectivity index (χ1) is 17.6. The zero-order valence-electron chi connectivity index (χ0n) is 22.6. The van der Waals surface area contributed by atoms with Gasteiger partial charge in [-0.15, -0.1) is 11.3 Å². The molecule has 6 nitrogen and oxygen atoms in total. The van der Waals surface area contributed by atoms with E-state index >= 15 is 0 Å². The fraction of sp³-hybridized carbons (Fsp3) is 0.700. The van der Waals surface area contributed by atoms with E-state index < -0.39 is 11.9 Å². The number of allylic oxidation sites excluding steroid dienone is 1. The first-order valence-corrected chi connectivity index (χ1v) is 14.9. The van der Waals surface area contributed by atoms with Gasteiger partial charge in [-0.05, 0) is 111 Å². The van der Waals surface area contributed by atoms with Gasteiger partial charge in [0.2, 0.25) is 5.91 Å². The number of thiophene rings is 1. The first-order valence-electron chi connectivity index (χ1n) is 14.0. The van der Waals surface area contributed by atoms with E-state index in [2.05, 4.69) is 25.2 Å². The van der Waals surface area contributed by atoms with E-state index in [9.17, 15) is 19.5 Å². The molecule has 202 valence electrons. The highest BCUT2D eigenvalue weighted by atomic mass is 32.1. The molecule has 4 aliphatic rings. The van der Waals surface area contributed by atoms with Crippen molar-refractivity contribution < 1.29 is 24.2 Å². The number of ketones is 1. The van der Waals surface area contributed by atoms with Gasteiger partial charge in [-0.2, -0.15) is 0 Å². The van der Waals surface area contributed by atoms with Crippen molar-refractivity contribution in [2.45, 2.75) is 97.5 Å². The van der Waals surface area contributed by atoms with Gasteiger partial charge >= 0.3 is 5.97 Å². The number of Topliss-reactive ketones (excluding diaryl/α,β-unsaturated/α-hetero) is 1. The van der Waals surface area contributed by atoms with Gasteiger partial charge in [0, 0.05) is 0 Å². The van der Waals surface area contributed by atoms with Crippen LogP contribution in [-0.4, -0.2) is 35.5 Å². The van der Waals surface area contributed by atoms with Gasteiger partial charge in [-0.3, -0.25) is 9.59 Å². The highest BCUT2D eigenvalue weighted by Gasteiger charge is 2.59. The number of esters is 1. The van der Waals surface area contributed by atoms with Crippen LogP contribution in [0.1, 0.15) is 107 Å². The number of amides is 1. The summed E-state index contributed by atoms with van der Waals surface area (Å²) in [5, 5.41) is 15.7. The van der Waals surface area contributed by atoms with Crippen molar-refractivity contribution >= 4 is 34.0 Å². The van der Waals surface area contributed by atoms with Crippen molar-refractivity contribution in [3.8, 4) is 0 Å². The minimum absolute atomic E-state index is 0.0834. The lowest BCUT2D eigenvalue weighted by Crippen LogP contribution is -2.50. The molecule has 1 amide bonds. The smallest absolute Gasteiger partial charge is 0.341 e. The van der Waals surface area contributed by atoms with Gasteiger partial charge in [0.15, 0.2) is 0 Å². The number of rotatable bonds is 6. The van der Waals surface area contributed by atoms with Gasteiger partial charge in [0.1, 0.15) is 10.8 Å². The predicted octanol–water partition coefficient (Wildman–Crippen LogP) is 6.25. The van der Waals surface area contributed by atoms with Gasteiger partial charge in [0.25, 0.3) is 0 Å². The second-order valence-corrected chi connectivity index (χ2v) is 13.3. The zero-order chi connectivity index (χ0) is 26.5. The molecular formula is C30H41NO5S. The van der Waals surface area contributed by atoms with E-state index in [1.807, 2.05) is 5.38 Å². The predicted molar refractivity (Wildman–Crippen MR) is 145 cm³/mol. The molecule has 5 rings (SSSR count). The summed E-state index contributed by atoms with van der Waals surface area (Å²) in [6.45, 7) is 8.33. The maximum Gasteiger partial charge on any atom is 0.341 e. The van der Waals surface area contributed by atoms with Crippen molar-refractivity contribution in [3.05, 3.63) is 28.2 Å². The molecule has 1 unspecified atom stereocenters. The summed E-state index contributed by atoms with van der Waals surface area (Å²) in [7, 11) is 0. The molecule has 1 aromatic heterocycles. The van der Waals surface area contributed by atoms with Crippen molar-refractivity contribution in [1.82, 2.24) is 0 Å². The maximum absolute atomic E-state index is 13.2. The first kappa shape index (κ1) is 26.6. The third-order valence-electron chi connectivity index (χ3n) is 10.4. The summed E-state index contributed by atoms with van der Waals surface area (Å²) in [6, 6.07) is 0. The number of anilines is 1. The molecule has 7 heteroatoms. The molecule has 7 atom stereocenters. The Labute approximate surface area is 224 Å². The standard InChI is InChI=1S/C30H41NO5S/c1-5-36-28(35)26-21(16-37-27(26)31-25(34)14-17(2)32)23-9-8-22-20-7-6-18-15-19(33)10-12-29(18,3)24(20)11-13-30(22,23)4/h6,16,19-20,22-24,33H,5,7-15H2,1-4H3,(H,31,34)/t19-,20-,22-,23?,24-,29-,30-/m0/s1. The molecule has 0 bridgehead atoms. The van der Waals surface area contributed by atoms with Crippen LogP contribution in [0.2, 0.25) is 0 Å². The van der Waals surface area contributed by atoms with Crippen LogP contribution in [0.4, 0.5) is 5.00 Å². The van der Waals surface area contributed by atoms with Gasteiger partial charge in [-0.25, -0.2) is 4.79 Å². The lowest BCUT2D eigenvalue weighted by molar-refractivity contribution is -0.124. The van der Waals surface area contributed by atoms with Crippen LogP contribution in [0, 0.1) is 28.6 Å². The molecule has 0 radical (unpaired) electrons. The summed E-state index contributed by atoms with van der Waals surface area (Å²) < 4.78 is 5.45. The molecule has 2 N–H and O–H groups in total. The van der Waals surface area contributed by atoms with Crippen molar-refractivity contribution in [2.75, 3.05) is 11.9 Å². The Balaban J connectivity index is 1.45. The summed E-state index contributed by atoms with van der Waals surface area (Å²) in [4.78, 5) is 37.0. The molecule has 3 saturated carbocycles. The lowest BCUT2D eigenvalue weighted by atomic mass is 9.47. The number of hydrogen-bond donors (Lipinski definition) is 2. The largest absolute Gasteiger partial charge is 0.462 e. The summed E-state index contributed by atoms with van der Waals surface area (Å²) >= 11 is 1.37. The van der Waals surface area contributed by atoms with Crippen LogP contribution in [0.3, 0.4) is 0 Å². The number of ether oxygens (including phenoxy) is 1. The highest BCUT2D eigenvalue weighted by molar-refractivity contribution is 7.15. The van der Waals surface area contributed by atoms with E-state index in [1.165, 1.54) is 30.3 Å². The number of fused-ring (bicyclic) bond motifs is 5. The number of nitrogens with one attached hydrogen (secondary N) is 1. The topological polar surface area (TPSA) is 92.7 Å². The molecular weight excluding hydrogens is 486 g/mol.